The molecule has 0 aliphatic carbocycles. The van der Waals surface area contributed by atoms with Crippen LogP contribution in [0.2, 0.25) is 5.02 Å². The van der Waals surface area contributed by atoms with Crippen LogP contribution in [0.3, 0.4) is 0 Å². The monoisotopic (exact) mass is 333 g/mol. The molecule has 4 heteroatoms. The highest BCUT2D eigenvalue weighted by atomic mass is 35.5. The first-order chi connectivity index (χ1) is 11.7. The summed E-state index contributed by atoms with van der Waals surface area (Å²) >= 11 is 6.42. The average Bonchev–Trinajstić information content (AvgIpc) is 2.96. The molecule has 0 bridgehead atoms. The molecule has 4 rings (SSSR count). The number of pyridine rings is 1. The van der Waals surface area contributed by atoms with E-state index in [9.17, 15) is 0 Å². The van der Waals surface area contributed by atoms with E-state index in [1.54, 1.807) is 0 Å². The molecule has 0 fully saturated rings. The van der Waals surface area contributed by atoms with Crippen LogP contribution in [-0.4, -0.2) is 9.38 Å². The van der Waals surface area contributed by atoms with Crippen molar-refractivity contribution in [3.8, 4) is 11.3 Å². The largest absolute Gasteiger partial charge is 0.339 e. The van der Waals surface area contributed by atoms with Crippen LogP contribution < -0.4 is 5.32 Å². The normalized spacial score (nSPS) is 10.9. The number of para-hydroxylation sites is 1. The number of aryl methyl sites for hydroxylation is 1. The Morgan fingerprint density at radius 1 is 0.917 bits per heavy atom. The van der Waals surface area contributed by atoms with Crippen molar-refractivity contribution in [2.24, 2.45) is 0 Å². The minimum absolute atomic E-state index is 0.690. The van der Waals surface area contributed by atoms with Crippen molar-refractivity contribution < 1.29 is 0 Å². The minimum atomic E-state index is 0.690. The molecule has 4 aromatic rings. The van der Waals surface area contributed by atoms with Crippen molar-refractivity contribution in [3.05, 3.63) is 83.5 Å². The van der Waals surface area contributed by atoms with Gasteiger partial charge in [0, 0.05) is 17.4 Å². The molecule has 0 radical (unpaired) electrons. The molecule has 24 heavy (non-hydrogen) atoms. The highest BCUT2D eigenvalue weighted by Gasteiger charge is 2.17. The van der Waals surface area contributed by atoms with Gasteiger partial charge in [-0.1, -0.05) is 54.1 Å². The number of aromatic nitrogens is 2. The van der Waals surface area contributed by atoms with E-state index in [1.165, 1.54) is 0 Å². The number of nitrogens with zero attached hydrogens (tertiary/aromatic N) is 2. The Kier molecular flexibility index (Phi) is 3.71. The maximum Gasteiger partial charge on any atom is 0.143 e. The van der Waals surface area contributed by atoms with Gasteiger partial charge in [0.05, 0.1) is 5.02 Å². The zero-order chi connectivity index (χ0) is 16.5. The molecule has 3 nitrogen and oxygen atoms in total. The lowest BCUT2D eigenvalue weighted by Crippen LogP contribution is -1.97. The number of imidazole rings is 1. The second-order valence-corrected chi connectivity index (χ2v) is 6.07. The van der Waals surface area contributed by atoms with Crippen LogP contribution in [-0.2, 0) is 0 Å². The molecule has 0 aliphatic heterocycles. The first-order valence-electron chi connectivity index (χ1n) is 7.78. The fraction of sp³-hybridized carbons (Fsp3) is 0.0500. The van der Waals surface area contributed by atoms with Gasteiger partial charge in [0.2, 0.25) is 0 Å². The van der Waals surface area contributed by atoms with Gasteiger partial charge < -0.3 is 5.32 Å². The van der Waals surface area contributed by atoms with E-state index in [1.807, 2.05) is 66.9 Å². The number of hydrogen-bond donors (Lipinski definition) is 1. The maximum atomic E-state index is 6.42. The molecule has 118 valence electrons. The van der Waals surface area contributed by atoms with E-state index >= 15 is 0 Å². The summed E-state index contributed by atoms with van der Waals surface area (Å²) in [6.45, 7) is 2.06. The van der Waals surface area contributed by atoms with Gasteiger partial charge in [-0.25, -0.2) is 4.98 Å². The second-order valence-electron chi connectivity index (χ2n) is 5.66. The molecule has 0 spiro atoms. The Morgan fingerprint density at radius 3 is 2.46 bits per heavy atom. The van der Waals surface area contributed by atoms with Crippen LogP contribution >= 0.6 is 11.6 Å². The van der Waals surface area contributed by atoms with Crippen LogP contribution in [0.15, 0.2) is 72.9 Å². The number of hydrogen-bond acceptors (Lipinski definition) is 2. The van der Waals surface area contributed by atoms with E-state index in [0.717, 1.165) is 34.0 Å². The van der Waals surface area contributed by atoms with Gasteiger partial charge in [-0.2, -0.15) is 0 Å². The Balaban J connectivity index is 1.97. The van der Waals surface area contributed by atoms with E-state index < -0.39 is 0 Å². The summed E-state index contributed by atoms with van der Waals surface area (Å²) < 4.78 is 2.07. The van der Waals surface area contributed by atoms with Crippen LogP contribution in [0.4, 0.5) is 11.5 Å². The van der Waals surface area contributed by atoms with Crippen molar-refractivity contribution >= 4 is 28.8 Å². The summed E-state index contributed by atoms with van der Waals surface area (Å²) in [5.41, 5.74) is 4.81. The predicted molar refractivity (Wildman–Crippen MR) is 100 cm³/mol. The molecule has 0 unspecified atom stereocenters. The molecule has 2 aromatic heterocycles. The fourth-order valence-electron chi connectivity index (χ4n) is 2.82. The Bertz CT molecular complexity index is 1010. The van der Waals surface area contributed by atoms with Crippen LogP contribution in [0, 0.1) is 6.92 Å². The second kappa shape index (κ2) is 6.02. The van der Waals surface area contributed by atoms with E-state index in [4.69, 9.17) is 16.6 Å². The van der Waals surface area contributed by atoms with E-state index in [-0.39, 0.29) is 0 Å². The van der Waals surface area contributed by atoms with E-state index in [2.05, 4.69) is 22.7 Å². The van der Waals surface area contributed by atoms with Gasteiger partial charge in [0.25, 0.3) is 0 Å². The third-order valence-electron chi connectivity index (χ3n) is 4.01. The van der Waals surface area contributed by atoms with Crippen LogP contribution in [0.1, 0.15) is 5.56 Å². The number of rotatable bonds is 3. The number of benzene rings is 2. The Morgan fingerprint density at radius 2 is 1.67 bits per heavy atom. The van der Waals surface area contributed by atoms with Crippen molar-refractivity contribution in [3.63, 3.8) is 0 Å². The zero-order valence-corrected chi connectivity index (χ0v) is 14.0. The minimum Gasteiger partial charge on any atom is -0.339 e. The highest BCUT2D eigenvalue weighted by Crippen LogP contribution is 2.35. The van der Waals surface area contributed by atoms with Gasteiger partial charge in [-0.3, -0.25) is 4.40 Å². The summed E-state index contributed by atoms with van der Waals surface area (Å²) in [4.78, 5) is 4.86. The zero-order valence-electron chi connectivity index (χ0n) is 13.2. The number of nitrogens with one attached hydrogen (secondary N) is 1. The third-order valence-corrected chi connectivity index (χ3v) is 4.34. The highest BCUT2D eigenvalue weighted by molar-refractivity contribution is 6.33. The fourth-order valence-corrected chi connectivity index (χ4v) is 3.05. The molecule has 0 atom stereocenters. The van der Waals surface area contributed by atoms with Gasteiger partial charge in [0.1, 0.15) is 17.2 Å². The van der Waals surface area contributed by atoms with Gasteiger partial charge in [0.15, 0.2) is 0 Å². The standard InChI is InChI=1S/C20H16ClN3/c1-14-8-7-13-24-19(14)23-18(16-11-5-6-12-17(16)21)20(24)22-15-9-3-2-4-10-15/h2-13,22H,1H3. The average molecular weight is 334 g/mol. The lowest BCUT2D eigenvalue weighted by Gasteiger charge is -2.09. The number of fused-ring (bicyclic) bond motifs is 1. The smallest absolute Gasteiger partial charge is 0.143 e. The molecule has 0 saturated carbocycles. The molecule has 2 heterocycles. The maximum absolute atomic E-state index is 6.42. The molecule has 1 N–H and O–H groups in total. The van der Waals surface area contributed by atoms with Crippen LogP contribution in [0.25, 0.3) is 16.9 Å². The van der Waals surface area contributed by atoms with Crippen molar-refractivity contribution in [1.82, 2.24) is 9.38 Å². The molecule has 0 saturated heterocycles. The number of anilines is 2. The molecular formula is C20H16ClN3. The van der Waals surface area contributed by atoms with Crippen molar-refractivity contribution in [2.45, 2.75) is 6.92 Å². The predicted octanol–water partition coefficient (Wildman–Crippen LogP) is 5.71. The lowest BCUT2D eigenvalue weighted by molar-refractivity contribution is 1.16. The topological polar surface area (TPSA) is 29.3 Å². The van der Waals surface area contributed by atoms with E-state index in [0.29, 0.717) is 5.02 Å². The Labute approximate surface area is 145 Å². The molecular weight excluding hydrogens is 318 g/mol. The van der Waals surface area contributed by atoms with Crippen molar-refractivity contribution in [1.29, 1.82) is 0 Å². The Hall–Kier alpha value is -2.78. The third kappa shape index (κ3) is 2.53. The summed E-state index contributed by atoms with van der Waals surface area (Å²) in [6, 6.07) is 22.0. The quantitative estimate of drug-likeness (QED) is 0.520. The summed E-state index contributed by atoms with van der Waals surface area (Å²) in [7, 11) is 0. The molecule has 0 amide bonds. The van der Waals surface area contributed by atoms with Crippen LogP contribution in [0.5, 0.6) is 0 Å². The number of halogens is 1. The van der Waals surface area contributed by atoms with Gasteiger partial charge in [-0.15, -0.1) is 0 Å². The summed E-state index contributed by atoms with van der Waals surface area (Å²) in [5, 5.41) is 4.18. The molecule has 2 aromatic carbocycles. The van der Waals surface area contributed by atoms with Gasteiger partial charge in [-0.05, 0) is 36.8 Å². The van der Waals surface area contributed by atoms with Crippen molar-refractivity contribution in [2.75, 3.05) is 5.32 Å². The summed E-state index contributed by atoms with van der Waals surface area (Å²) in [5.74, 6) is 0.910. The van der Waals surface area contributed by atoms with Gasteiger partial charge >= 0.3 is 0 Å². The summed E-state index contributed by atoms with van der Waals surface area (Å²) in [6.07, 6.45) is 2.01. The molecule has 0 aliphatic rings. The lowest BCUT2D eigenvalue weighted by atomic mass is 10.1. The first-order valence-corrected chi connectivity index (χ1v) is 8.16. The first kappa shape index (κ1) is 14.8. The SMILES string of the molecule is Cc1cccn2c(Nc3ccccc3)c(-c3ccccc3Cl)nc12.